The second kappa shape index (κ2) is 4.31. The highest BCUT2D eigenvalue weighted by molar-refractivity contribution is 7.62. The molecular formula is C15H17O3P. The first kappa shape index (κ1) is 11.9. The van der Waals surface area contributed by atoms with Gasteiger partial charge in [0.05, 0.1) is 18.5 Å². The van der Waals surface area contributed by atoms with Crippen molar-refractivity contribution >= 4 is 12.9 Å². The minimum absolute atomic E-state index is 0.481. The summed E-state index contributed by atoms with van der Waals surface area (Å²) < 4.78 is 24.3. The van der Waals surface area contributed by atoms with Crippen molar-refractivity contribution < 1.29 is 13.6 Å². The fourth-order valence-corrected chi connectivity index (χ4v) is 5.33. The topological polar surface area (TPSA) is 35.5 Å². The zero-order chi connectivity index (χ0) is 12.9. The van der Waals surface area contributed by atoms with E-state index in [0.29, 0.717) is 42.2 Å². The smallest absolute Gasteiger partial charge is 0.305 e. The minimum atomic E-state index is -3.12. The van der Waals surface area contributed by atoms with Crippen LogP contribution in [0.1, 0.15) is 6.42 Å². The van der Waals surface area contributed by atoms with Crippen LogP contribution in [0.2, 0.25) is 0 Å². The number of benzene rings is 1. The molecule has 1 saturated heterocycles. The lowest BCUT2D eigenvalue weighted by Gasteiger charge is -2.23. The van der Waals surface area contributed by atoms with Crippen LogP contribution >= 0.6 is 7.60 Å². The summed E-state index contributed by atoms with van der Waals surface area (Å²) in [6.45, 7) is 1.12. The maximum atomic E-state index is 12.9. The van der Waals surface area contributed by atoms with E-state index >= 15 is 0 Å². The Bertz CT molecular complexity index is 528. The fraction of sp³-hybridized carbons (Fsp3) is 0.467. The third-order valence-electron chi connectivity index (χ3n) is 4.75. The molecule has 1 aliphatic heterocycles. The van der Waals surface area contributed by atoms with Crippen LogP contribution in [0.15, 0.2) is 42.5 Å². The van der Waals surface area contributed by atoms with E-state index in [1.54, 1.807) is 0 Å². The molecule has 3 aliphatic rings. The molecule has 0 amide bonds. The lowest BCUT2D eigenvalue weighted by atomic mass is 9.84. The summed E-state index contributed by atoms with van der Waals surface area (Å²) in [4.78, 5) is 0. The van der Waals surface area contributed by atoms with Gasteiger partial charge in [-0.25, -0.2) is 0 Å². The first-order valence-electron chi connectivity index (χ1n) is 6.89. The number of allylic oxidation sites excluding steroid dienone is 2. The third-order valence-corrected chi connectivity index (χ3v) is 6.65. The lowest BCUT2D eigenvalue weighted by Crippen LogP contribution is -2.24. The van der Waals surface area contributed by atoms with Crippen LogP contribution in [0.4, 0.5) is 0 Å². The van der Waals surface area contributed by atoms with Crippen molar-refractivity contribution in [2.75, 3.05) is 13.2 Å². The van der Waals surface area contributed by atoms with Crippen molar-refractivity contribution in [3.05, 3.63) is 42.5 Å². The molecule has 2 fully saturated rings. The van der Waals surface area contributed by atoms with E-state index in [1.165, 1.54) is 6.42 Å². The number of fused-ring (bicyclic) bond motifs is 5. The summed E-state index contributed by atoms with van der Waals surface area (Å²) >= 11 is 0. The maximum Gasteiger partial charge on any atom is 0.361 e. The summed E-state index contributed by atoms with van der Waals surface area (Å²) in [5, 5.41) is 0.676. The van der Waals surface area contributed by atoms with Crippen LogP contribution in [0.5, 0.6) is 0 Å². The first-order valence-corrected chi connectivity index (χ1v) is 8.44. The highest BCUT2D eigenvalue weighted by Crippen LogP contribution is 2.56. The van der Waals surface area contributed by atoms with Gasteiger partial charge in [-0.05, 0) is 42.2 Å². The van der Waals surface area contributed by atoms with Gasteiger partial charge in [-0.3, -0.25) is 4.57 Å². The highest BCUT2D eigenvalue weighted by atomic mass is 31.2. The molecule has 1 heterocycles. The molecule has 2 bridgehead atoms. The van der Waals surface area contributed by atoms with Gasteiger partial charge < -0.3 is 9.05 Å². The predicted molar refractivity (Wildman–Crippen MR) is 73.3 cm³/mol. The van der Waals surface area contributed by atoms with E-state index in [0.717, 1.165) is 0 Å². The molecule has 100 valence electrons. The average Bonchev–Trinajstić information content (AvgIpc) is 3.00. The van der Waals surface area contributed by atoms with E-state index in [1.807, 2.05) is 30.3 Å². The molecule has 0 aromatic heterocycles. The molecule has 5 atom stereocenters. The van der Waals surface area contributed by atoms with Crippen molar-refractivity contribution in [1.82, 2.24) is 0 Å². The fourth-order valence-electron chi connectivity index (χ4n) is 3.69. The van der Waals surface area contributed by atoms with Crippen molar-refractivity contribution in [3.8, 4) is 0 Å². The summed E-state index contributed by atoms with van der Waals surface area (Å²) in [5.74, 6) is 2.16. The van der Waals surface area contributed by atoms with Crippen LogP contribution in [-0.2, 0) is 13.6 Å². The lowest BCUT2D eigenvalue weighted by molar-refractivity contribution is 0.197. The monoisotopic (exact) mass is 276 g/mol. The van der Waals surface area contributed by atoms with Crippen molar-refractivity contribution in [3.63, 3.8) is 0 Å². The Morgan fingerprint density at radius 3 is 2.11 bits per heavy atom. The number of hydrogen-bond acceptors (Lipinski definition) is 3. The van der Waals surface area contributed by atoms with E-state index in [-0.39, 0.29) is 0 Å². The van der Waals surface area contributed by atoms with Crippen LogP contribution in [0.3, 0.4) is 0 Å². The normalized spacial score (nSPS) is 44.0. The molecular weight excluding hydrogens is 259 g/mol. The first-order chi connectivity index (χ1) is 9.26. The molecule has 1 aromatic carbocycles. The summed E-state index contributed by atoms with van der Waals surface area (Å²) in [6.07, 6.45) is 5.82. The van der Waals surface area contributed by atoms with Crippen LogP contribution in [0.25, 0.3) is 0 Å². The zero-order valence-corrected chi connectivity index (χ0v) is 11.5. The Kier molecular flexibility index (Phi) is 2.70. The third kappa shape index (κ3) is 1.84. The molecule has 0 spiro atoms. The molecule has 0 N–H and O–H groups in total. The molecule has 2 aliphatic carbocycles. The van der Waals surface area contributed by atoms with Gasteiger partial charge in [0.2, 0.25) is 0 Å². The molecule has 3 nitrogen and oxygen atoms in total. The van der Waals surface area contributed by atoms with Crippen molar-refractivity contribution in [2.45, 2.75) is 6.42 Å². The highest BCUT2D eigenvalue weighted by Gasteiger charge is 2.48. The summed E-state index contributed by atoms with van der Waals surface area (Å²) in [7, 11) is -3.12. The molecule has 1 aromatic rings. The maximum absolute atomic E-state index is 12.9. The van der Waals surface area contributed by atoms with Crippen molar-refractivity contribution in [1.29, 1.82) is 0 Å². The van der Waals surface area contributed by atoms with E-state index < -0.39 is 7.60 Å². The minimum Gasteiger partial charge on any atom is -0.305 e. The number of rotatable bonds is 1. The quantitative estimate of drug-likeness (QED) is 0.584. The molecule has 1 saturated carbocycles. The Morgan fingerprint density at radius 2 is 1.53 bits per heavy atom. The van der Waals surface area contributed by atoms with Gasteiger partial charge in [0, 0.05) is 0 Å². The summed E-state index contributed by atoms with van der Waals surface area (Å²) in [6, 6.07) is 9.31. The molecule has 4 rings (SSSR count). The molecule has 1 unspecified atom stereocenters. The van der Waals surface area contributed by atoms with Crippen molar-refractivity contribution in [2.24, 2.45) is 23.7 Å². The van der Waals surface area contributed by atoms with Gasteiger partial charge in [-0.1, -0.05) is 30.4 Å². The standard InChI is InChI=1S/C15H17O3P/c16-19(13-4-2-1-3-5-13)17-9-14-11-6-7-12(8-11)15(14)10-18-19/h1-7,11-12,14-15H,8-10H2/t11-,12+,14-,15+,19?. The van der Waals surface area contributed by atoms with E-state index in [4.69, 9.17) is 9.05 Å². The van der Waals surface area contributed by atoms with Gasteiger partial charge in [0.1, 0.15) is 0 Å². The van der Waals surface area contributed by atoms with Gasteiger partial charge >= 0.3 is 7.60 Å². The van der Waals surface area contributed by atoms with Gasteiger partial charge in [0.25, 0.3) is 0 Å². The molecule has 4 heteroatoms. The SMILES string of the molecule is O=P1(c2ccccc2)OC[C@@H]2[C@H](CO1)[C@@H]1C=C[C@H]2C1. The van der Waals surface area contributed by atoms with Gasteiger partial charge in [-0.15, -0.1) is 0 Å². The van der Waals surface area contributed by atoms with Crippen LogP contribution in [0, 0.1) is 23.7 Å². The average molecular weight is 276 g/mol. The Hall–Kier alpha value is -0.890. The Morgan fingerprint density at radius 1 is 0.947 bits per heavy atom. The largest absolute Gasteiger partial charge is 0.361 e. The second-order valence-corrected chi connectivity index (χ2v) is 7.73. The molecule has 0 radical (unpaired) electrons. The van der Waals surface area contributed by atoms with Gasteiger partial charge in [-0.2, -0.15) is 0 Å². The second-order valence-electron chi connectivity index (χ2n) is 5.70. The van der Waals surface area contributed by atoms with E-state index in [2.05, 4.69) is 12.2 Å². The van der Waals surface area contributed by atoms with Crippen LogP contribution in [-0.4, -0.2) is 13.2 Å². The molecule has 19 heavy (non-hydrogen) atoms. The number of hydrogen-bond donors (Lipinski definition) is 0. The van der Waals surface area contributed by atoms with Crippen LogP contribution < -0.4 is 5.30 Å². The predicted octanol–water partition coefficient (Wildman–Crippen LogP) is 2.99. The Labute approximate surface area is 113 Å². The van der Waals surface area contributed by atoms with E-state index in [9.17, 15) is 4.57 Å². The van der Waals surface area contributed by atoms with Gasteiger partial charge in [0.15, 0.2) is 0 Å². The Balaban J connectivity index is 1.61. The zero-order valence-electron chi connectivity index (χ0n) is 10.6. The summed E-state index contributed by atoms with van der Waals surface area (Å²) in [5.41, 5.74) is 0.